The van der Waals surface area contributed by atoms with E-state index in [9.17, 15) is 4.21 Å². The molecule has 1 aliphatic heterocycles. The minimum atomic E-state index is -0.665. The van der Waals surface area contributed by atoms with E-state index in [2.05, 4.69) is 6.58 Å². The summed E-state index contributed by atoms with van der Waals surface area (Å²) in [6.07, 6.45) is 3.60. The molecular weight excluding hydrogens is 160 g/mol. The first-order valence-corrected chi connectivity index (χ1v) is 5.27. The Morgan fingerprint density at radius 3 is 3.00 bits per heavy atom. The lowest BCUT2D eigenvalue weighted by molar-refractivity contribution is 0.157. The van der Waals surface area contributed by atoms with Gasteiger partial charge in [0.2, 0.25) is 0 Å². The van der Waals surface area contributed by atoms with Crippen LogP contribution in [-0.4, -0.2) is 21.3 Å². The maximum absolute atomic E-state index is 11.3. The summed E-state index contributed by atoms with van der Waals surface area (Å²) in [6.45, 7) is 5.43. The fourth-order valence-corrected chi connectivity index (χ4v) is 3.07. The Labute approximate surface area is 70.1 Å². The molecule has 11 heavy (non-hydrogen) atoms. The monoisotopic (exact) mass is 174 g/mol. The van der Waals surface area contributed by atoms with Gasteiger partial charge >= 0.3 is 0 Å². The van der Waals surface area contributed by atoms with Crippen molar-refractivity contribution in [2.24, 2.45) is 0 Å². The first-order chi connectivity index (χ1) is 5.25. The van der Waals surface area contributed by atoms with E-state index in [4.69, 9.17) is 4.74 Å². The molecule has 0 N–H and O–H groups in total. The van der Waals surface area contributed by atoms with Gasteiger partial charge in [-0.3, -0.25) is 4.21 Å². The zero-order valence-electron chi connectivity index (χ0n) is 6.79. The van der Waals surface area contributed by atoms with Crippen molar-refractivity contribution in [3.63, 3.8) is 0 Å². The molecule has 0 aromatic heterocycles. The summed E-state index contributed by atoms with van der Waals surface area (Å²) in [7, 11) is -0.665. The lowest BCUT2D eigenvalue weighted by Gasteiger charge is -2.16. The molecule has 3 heteroatoms. The van der Waals surface area contributed by atoms with Crippen LogP contribution in [0.2, 0.25) is 0 Å². The summed E-state index contributed by atoms with van der Waals surface area (Å²) in [4.78, 5) is 0. The van der Waals surface area contributed by atoms with E-state index in [-0.39, 0.29) is 11.4 Å². The van der Waals surface area contributed by atoms with Crippen molar-refractivity contribution < 1.29 is 8.95 Å². The van der Waals surface area contributed by atoms with Gasteiger partial charge in [-0.25, -0.2) is 0 Å². The molecule has 0 aromatic rings. The SMILES string of the molecule is C=COC(C)C1CCCS1=O. The Morgan fingerprint density at radius 2 is 2.55 bits per heavy atom. The Kier molecular flexibility index (Phi) is 3.12. The van der Waals surface area contributed by atoms with Gasteiger partial charge in [-0.05, 0) is 19.8 Å². The molecule has 0 spiro atoms. The molecular formula is C8H14O2S. The summed E-state index contributed by atoms with van der Waals surface area (Å²) in [5.41, 5.74) is 0. The molecule has 3 atom stereocenters. The molecule has 1 heterocycles. The van der Waals surface area contributed by atoms with Crippen LogP contribution in [0.4, 0.5) is 0 Å². The van der Waals surface area contributed by atoms with Crippen molar-refractivity contribution in [3.8, 4) is 0 Å². The molecule has 0 aromatic carbocycles. The lowest BCUT2D eigenvalue weighted by atomic mass is 10.2. The average Bonchev–Trinajstić information content (AvgIpc) is 2.36. The predicted octanol–water partition coefficient (Wildman–Crippen LogP) is 1.45. The van der Waals surface area contributed by atoms with Crippen molar-refractivity contribution in [2.75, 3.05) is 5.75 Å². The predicted molar refractivity (Wildman–Crippen MR) is 46.8 cm³/mol. The van der Waals surface area contributed by atoms with Gasteiger partial charge in [0.1, 0.15) is 6.10 Å². The maximum Gasteiger partial charge on any atom is 0.109 e. The molecule has 1 saturated heterocycles. The second kappa shape index (κ2) is 3.90. The average molecular weight is 174 g/mol. The van der Waals surface area contributed by atoms with Gasteiger partial charge in [0.05, 0.1) is 11.5 Å². The van der Waals surface area contributed by atoms with Gasteiger partial charge in [0.25, 0.3) is 0 Å². The minimum absolute atomic E-state index is 0.0656. The van der Waals surface area contributed by atoms with Crippen LogP contribution >= 0.6 is 0 Å². The Balaban J connectivity index is 2.45. The molecule has 1 aliphatic rings. The highest BCUT2D eigenvalue weighted by molar-refractivity contribution is 7.85. The fraction of sp³-hybridized carbons (Fsp3) is 0.750. The van der Waals surface area contributed by atoms with Gasteiger partial charge in [-0.15, -0.1) is 0 Å². The van der Waals surface area contributed by atoms with E-state index in [1.165, 1.54) is 6.26 Å². The number of hydrogen-bond donors (Lipinski definition) is 0. The van der Waals surface area contributed by atoms with Crippen LogP contribution in [0.1, 0.15) is 19.8 Å². The first-order valence-electron chi connectivity index (χ1n) is 3.89. The number of ether oxygens (including phenoxy) is 1. The third kappa shape index (κ3) is 2.06. The second-order valence-corrected chi connectivity index (χ2v) is 4.55. The van der Waals surface area contributed by atoms with Crippen molar-refractivity contribution >= 4 is 10.8 Å². The van der Waals surface area contributed by atoms with Crippen LogP contribution in [0.3, 0.4) is 0 Å². The summed E-state index contributed by atoms with van der Waals surface area (Å²) in [6, 6.07) is 0. The summed E-state index contributed by atoms with van der Waals surface area (Å²) < 4.78 is 16.5. The molecule has 0 aliphatic carbocycles. The van der Waals surface area contributed by atoms with Crippen LogP contribution < -0.4 is 0 Å². The Morgan fingerprint density at radius 1 is 1.82 bits per heavy atom. The molecule has 1 fully saturated rings. The molecule has 0 saturated carbocycles. The van der Waals surface area contributed by atoms with Gasteiger partial charge < -0.3 is 4.74 Å². The second-order valence-electron chi connectivity index (χ2n) is 2.77. The Hall–Kier alpha value is -0.310. The number of hydrogen-bond acceptors (Lipinski definition) is 2. The third-order valence-corrected chi connectivity index (χ3v) is 3.99. The van der Waals surface area contributed by atoms with E-state index in [0.717, 1.165) is 18.6 Å². The maximum atomic E-state index is 11.3. The summed E-state index contributed by atoms with van der Waals surface area (Å²) in [5.74, 6) is 0.843. The van der Waals surface area contributed by atoms with Gasteiger partial charge in [-0.1, -0.05) is 6.58 Å². The van der Waals surface area contributed by atoms with Crippen molar-refractivity contribution in [1.82, 2.24) is 0 Å². The molecule has 2 nitrogen and oxygen atoms in total. The van der Waals surface area contributed by atoms with Crippen molar-refractivity contribution in [1.29, 1.82) is 0 Å². The van der Waals surface area contributed by atoms with Gasteiger partial charge in [0, 0.05) is 16.6 Å². The van der Waals surface area contributed by atoms with Crippen molar-refractivity contribution in [2.45, 2.75) is 31.1 Å². The van der Waals surface area contributed by atoms with Gasteiger partial charge in [0.15, 0.2) is 0 Å². The quantitative estimate of drug-likeness (QED) is 0.605. The van der Waals surface area contributed by atoms with Crippen LogP contribution in [0.25, 0.3) is 0 Å². The Bertz CT molecular complexity index is 167. The highest BCUT2D eigenvalue weighted by atomic mass is 32.2. The molecule has 0 radical (unpaired) electrons. The highest BCUT2D eigenvalue weighted by Crippen LogP contribution is 2.20. The topological polar surface area (TPSA) is 26.3 Å². The fourth-order valence-electron chi connectivity index (χ4n) is 1.40. The van der Waals surface area contributed by atoms with E-state index in [1.807, 2.05) is 6.92 Å². The zero-order chi connectivity index (χ0) is 8.27. The minimum Gasteiger partial charge on any atom is -0.498 e. The molecule has 0 amide bonds. The lowest BCUT2D eigenvalue weighted by Crippen LogP contribution is -2.25. The zero-order valence-corrected chi connectivity index (χ0v) is 7.60. The van der Waals surface area contributed by atoms with Crippen LogP contribution in [0, 0.1) is 0 Å². The highest BCUT2D eigenvalue weighted by Gasteiger charge is 2.28. The normalized spacial score (nSPS) is 33.2. The number of rotatable bonds is 3. The standard InChI is InChI=1S/C8H14O2S/c1-3-10-7(2)8-5-4-6-11(8)9/h3,7-8H,1,4-6H2,2H3. The van der Waals surface area contributed by atoms with E-state index in [0.29, 0.717) is 0 Å². The van der Waals surface area contributed by atoms with Crippen LogP contribution in [-0.2, 0) is 15.5 Å². The molecule has 64 valence electrons. The molecule has 1 rings (SSSR count). The van der Waals surface area contributed by atoms with Crippen LogP contribution in [0.15, 0.2) is 12.8 Å². The van der Waals surface area contributed by atoms with Crippen LogP contribution in [0.5, 0.6) is 0 Å². The van der Waals surface area contributed by atoms with E-state index >= 15 is 0 Å². The van der Waals surface area contributed by atoms with Gasteiger partial charge in [-0.2, -0.15) is 0 Å². The largest absolute Gasteiger partial charge is 0.498 e. The smallest absolute Gasteiger partial charge is 0.109 e. The van der Waals surface area contributed by atoms with E-state index < -0.39 is 10.8 Å². The summed E-state index contributed by atoms with van der Waals surface area (Å²) >= 11 is 0. The molecule has 0 bridgehead atoms. The summed E-state index contributed by atoms with van der Waals surface area (Å²) in [5, 5.41) is 0.230. The molecule has 3 unspecified atom stereocenters. The van der Waals surface area contributed by atoms with Crippen molar-refractivity contribution in [3.05, 3.63) is 12.8 Å². The first kappa shape index (κ1) is 8.78. The third-order valence-electron chi connectivity index (χ3n) is 2.01. The van der Waals surface area contributed by atoms with E-state index in [1.54, 1.807) is 0 Å².